The van der Waals surface area contributed by atoms with E-state index in [0.717, 1.165) is 23.9 Å². The number of thiazole rings is 1. The van der Waals surface area contributed by atoms with Gasteiger partial charge in [0.15, 0.2) is 10.3 Å². The fourth-order valence-electron chi connectivity index (χ4n) is 2.53. The number of rotatable bonds is 10. The average molecular weight is 452 g/mol. The second-order valence-corrected chi connectivity index (χ2v) is 8.69. The Bertz CT molecular complexity index is 952. The first kappa shape index (κ1) is 21.5. The molecule has 3 aromatic rings. The first-order valence-electron chi connectivity index (χ1n) is 9.06. The Morgan fingerprint density at radius 1 is 1.28 bits per heavy atom. The Hall–Kier alpha value is -2.24. The minimum Gasteiger partial charge on any atom is -0.466 e. The molecule has 0 atom stereocenters. The Morgan fingerprint density at radius 3 is 2.86 bits per heavy atom. The van der Waals surface area contributed by atoms with Crippen LogP contribution in [-0.4, -0.2) is 44.0 Å². The van der Waals surface area contributed by atoms with Gasteiger partial charge in [-0.25, -0.2) is 4.98 Å². The molecule has 0 fully saturated rings. The SMILES string of the molecule is CCOC(=O)Cc1csc(NC(=O)CSc2nnc(Cc3cccs3)n2CC)n1. The molecule has 0 aliphatic carbocycles. The molecule has 0 spiro atoms. The summed E-state index contributed by atoms with van der Waals surface area (Å²) in [5, 5.41) is 16.2. The van der Waals surface area contributed by atoms with Gasteiger partial charge >= 0.3 is 5.97 Å². The van der Waals surface area contributed by atoms with Crippen LogP contribution in [0.4, 0.5) is 5.13 Å². The molecule has 0 bridgehead atoms. The van der Waals surface area contributed by atoms with E-state index in [0.29, 0.717) is 17.4 Å². The maximum absolute atomic E-state index is 12.3. The van der Waals surface area contributed by atoms with Gasteiger partial charge in [0, 0.05) is 23.2 Å². The molecule has 0 saturated carbocycles. The van der Waals surface area contributed by atoms with Crippen LogP contribution >= 0.6 is 34.4 Å². The summed E-state index contributed by atoms with van der Waals surface area (Å²) in [6.07, 6.45) is 0.829. The number of amides is 1. The molecule has 3 heterocycles. The van der Waals surface area contributed by atoms with Crippen molar-refractivity contribution in [2.45, 2.75) is 38.4 Å². The molecule has 0 unspecified atom stereocenters. The van der Waals surface area contributed by atoms with E-state index in [-0.39, 0.29) is 24.1 Å². The van der Waals surface area contributed by atoms with Gasteiger partial charge in [-0.05, 0) is 25.3 Å². The summed E-state index contributed by atoms with van der Waals surface area (Å²) >= 11 is 4.31. The first-order valence-corrected chi connectivity index (χ1v) is 11.8. The standard InChI is InChI=1S/C18H21N5O3S3/c1-3-23-14(9-13-6-5-7-27-13)21-22-18(23)29-11-15(24)20-17-19-12(10-28-17)8-16(25)26-4-2/h5-7,10H,3-4,8-9,11H2,1-2H3,(H,19,20,24). The lowest BCUT2D eigenvalue weighted by atomic mass is 10.3. The van der Waals surface area contributed by atoms with E-state index in [2.05, 4.69) is 26.6 Å². The zero-order valence-electron chi connectivity index (χ0n) is 16.1. The molecule has 1 amide bonds. The molecule has 0 aromatic carbocycles. The second-order valence-electron chi connectivity index (χ2n) is 5.86. The minimum atomic E-state index is -0.330. The molecule has 3 aromatic heterocycles. The van der Waals surface area contributed by atoms with E-state index in [4.69, 9.17) is 4.74 Å². The largest absolute Gasteiger partial charge is 0.466 e. The van der Waals surface area contributed by atoms with Crippen LogP contribution < -0.4 is 5.32 Å². The summed E-state index contributed by atoms with van der Waals surface area (Å²) in [5.74, 6) is 0.576. The van der Waals surface area contributed by atoms with Crippen molar-refractivity contribution in [3.05, 3.63) is 39.3 Å². The van der Waals surface area contributed by atoms with Crippen LogP contribution in [0.3, 0.4) is 0 Å². The Morgan fingerprint density at radius 2 is 2.14 bits per heavy atom. The van der Waals surface area contributed by atoms with E-state index in [1.165, 1.54) is 28.0 Å². The van der Waals surface area contributed by atoms with Crippen LogP contribution in [0, 0.1) is 0 Å². The zero-order valence-corrected chi connectivity index (χ0v) is 18.5. The van der Waals surface area contributed by atoms with Gasteiger partial charge < -0.3 is 14.6 Å². The zero-order chi connectivity index (χ0) is 20.6. The van der Waals surface area contributed by atoms with Gasteiger partial charge in [0.05, 0.1) is 24.5 Å². The number of hydrogen-bond acceptors (Lipinski definition) is 9. The van der Waals surface area contributed by atoms with Crippen LogP contribution in [0.2, 0.25) is 0 Å². The van der Waals surface area contributed by atoms with E-state index in [9.17, 15) is 9.59 Å². The Kier molecular flexibility index (Phi) is 7.78. The van der Waals surface area contributed by atoms with Gasteiger partial charge in [-0.15, -0.1) is 32.9 Å². The third kappa shape index (κ3) is 6.12. The number of nitrogens with one attached hydrogen (secondary N) is 1. The number of carbonyl (C=O) groups excluding carboxylic acids is 2. The topological polar surface area (TPSA) is 99.0 Å². The fourth-order valence-corrected chi connectivity index (χ4v) is 4.78. The highest BCUT2D eigenvalue weighted by molar-refractivity contribution is 7.99. The molecule has 1 N–H and O–H groups in total. The second kappa shape index (κ2) is 10.5. The van der Waals surface area contributed by atoms with E-state index in [1.54, 1.807) is 23.6 Å². The predicted molar refractivity (Wildman–Crippen MR) is 115 cm³/mol. The van der Waals surface area contributed by atoms with E-state index in [1.807, 2.05) is 22.9 Å². The molecule has 29 heavy (non-hydrogen) atoms. The van der Waals surface area contributed by atoms with E-state index < -0.39 is 0 Å². The van der Waals surface area contributed by atoms with Crippen molar-refractivity contribution in [1.82, 2.24) is 19.7 Å². The van der Waals surface area contributed by atoms with Crippen molar-refractivity contribution >= 4 is 51.4 Å². The van der Waals surface area contributed by atoms with Gasteiger partial charge in [-0.2, -0.15) is 0 Å². The Labute approximate surface area is 180 Å². The molecule has 0 saturated heterocycles. The maximum atomic E-state index is 12.3. The summed E-state index contributed by atoms with van der Waals surface area (Å²) < 4.78 is 6.93. The third-order valence-electron chi connectivity index (χ3n) is 3.78. The summed E-state index contributed by atoms with van der Waals surface area (Å²) in [6.45, 7) is 4.86. The fraction of sp³-hybridized carbons (Fsp3) is 0.389. The number of ether oxygens (including phenoxy) is 1. The van der Waals surface area contributed by atoms with Gasteiger partial charge in [0.25, 0.3) is 0 Å². The number of aromatic nitrogens is 4. The van der Waals surface area contributed by atoms with Crippen LogP contribution in [0.25, 0.3) is 0 Å². The lowest BCUT2D eigenvalue weighted by molar-refractivity contribution is -0.142. The highest BCUT2D eigenvalue weighted by Gasteiger charge is 2.15. The summed E-state index contributed by atoms with van der Waals surface area (Å²) in [7, 11) is 0. The monoisotopic (exact) mass is 451 g/mol. The summed E-state index contributed by atoms with van der Waals surface area (Å²) in [6, 6.07) is 4.09. The van der Waals surface area contributed by atoms with Gasteiger partial charge in [0.2, 0.25) is 5.91 Å². The highest BCUT2D eigenvalue weighted by Crippen LogP contribution is 2.21. The van der Waals surface area contributed by atoms with Crippen molar-refractivity contribution in [2.24, 2.45) is 0 Å². The van der Waals surface area contributed by atoms with Crippen molar-refractivity contribution in [3.8, 4) is 0 Å². The number of anilines is 1. The molecule has 0 radical (unpaired) electrons. The minimum absolute atomic E-state index is 0.0988. The van der Waals surface area contributed by atoms with Crippen LogP contribution in [0.1, 0.15) is 30.2 Å². The molecule has 154 valence electrons. The molecule has 8 nitrogen and oxygen atoms in total. The average Bonchev–Trinajstić information content (AvgIpc) is 3.43. The van der Waals surface area contributed by atoms with Gasteiger partial charge in [-0.3, -0.25) is 9.59 Å². The van der Waals surface area contributed by atoms with Crippen LogP contribution in [-0.2, 0) is 33.7 Å². The summed E-state index contributed by atoms with van der Waals surface area (Å²) in [4.78, 5) is 29.2. The van der Waals surface area contributed by atoms with Crippen LogP contribution in [0.15, 0.2) is 28.0 Å². The van der Waals surface area contributed by atoms with Gasteiger partial charge in [0.1, 0.15) is 5.82 Å². The number of carbonyl (C=O) groups is 2. The number of esters is 1. The molecule has 0 aliphatic heterocycles. The lowest BCUT2D eigenvalue weighted by Crippen LogP contribution is -2.15. The van der Waals surface area contributed by atoms with Gasteiger partial charge in [-0.1, -0.05) is 17.8 Å². The van der Waals surface area contributed by atoms with Crippen molar-refractivity contribution in [3.63, 3.8) is 0 Å². The summed E-state index contributed by atoms with van der Waals surface area (Å²) in [5.41, 5.74) is 0.584. The van der Waals surface area contributed by atoms with Crippen LogP contribution in [0.5, 0.6) is 0 Å². The maximum Gasteiger partial charge on any atom is 0.311 e. The molecular weight excluding hydrogens is 430 g/mol. The first-order chi connectivity index (χ1) is 14.1. The Balaban J connectivity index is 1.52. The molecule has 0 aliphatic rings. The molecular formula is C18H21N5O3S3. The smallest absolute Gasteiger partial charge is 0.311 e. The normalized spacial score (nSPS) is 10.8. The lowest BCUT2D eigenvalue weighted by Gasteiger charge is -2.06. The van der Waals surface area contributed by atoms with Crippen molar-refractivity contribution in [2.75, 3.05) is 17.7 Å². The predicted octanol–water partition coefficient (Wildman–Crippen LogP) is 3.24. The molecule has 3 rings (SSSR count). The van der Waals surface area contributed by atoms with Crippen molar-refractivity contribution in [1.29, 1.82) is 0 Å². The van der Waals surface area contributed by atoms with Crippen molar-refractivity contribution < 1.29 is 14.3 Å². The van der Waals surface area contributed by atoms with E-state index >= 15 is 0 Å². The third-order valence-corrected chi connectivity index (χ3v) is 6.43. The quantitative estimate of drug-likeness (QED) is 0.373. The number of thioether (sulfide) groups is 1. The molecule has 11 heteroatoms. The highest BCUT2D eigenvalue weighted by atomic mass is 32.2. The number of thiophene rings is 1. The number of nitrogens with zero attached hydrogens (tertiary/aromatic N) is 4. The number of hydrogen-bond donors (Lipinski definition) is 1.